The minimum absolute atomic E-state index is 0.0450. The Labute approximate surface area is 217 Å². The predicted molar refractivity (Wildman–Crippen MR) is 139 cm³/mol. The van der Waals surface area contributed by atoms with E-state index in [9.17, 15) is 13.2 Å². The summed E-state index contributed by atoms with van der Waals surface area (Å²) in [4.78, 5) is 19.3. The third-order valence-electron chi connectivity index (χ3n) is 7.07. The summed E-state index contributed by atoms with van der Waals surface area (Å²) in [7, 11) is -1.92. The summed E-state index contributed by atoms with van der Waals surface area (Å²) in [6, 6.07) is 13.0. The molecule has 1 amide bonds. The highest BCUT2D eigenvalue weighted by molar-refractivity contribution is 7.88. The Morgan fingerprint density at radius 3 is 2.70 bits per heavy atom. The lowest BCUT2D eigenvalue weighted by molar-refractivity contribution is 0.0339. The molecular formula is C27H32N4O5S. The van der Waals surface area contributed by atoms with Crippen LogP contribution in [0.15, 0.2) is 54.9 Å². The summed E-state index contributed by atoms with van der Waals surface area (Å²) in [5.41, 5.74) is 3.29. The molecule has 5 rings (SSSR count). The van der Waals surface area contributed by atoms with Gasteiger partial charge in [0.15, 0.2) is 0 Å². The number of methoxy groups -OCH3 is 1. The van der Waals surface area contributed by atoms with Crippen molar-refractivity contribution in [3.63, 3.8) is 0 Å². The molecule has 1 aromatic heterocycles. The first kappa shape index (κ1) is 25.4. The number of nitrogens with zero attached hydrogens (tertiary/aromatic N) is 4. The van der Waals surface area contributed by atoms with E-state index in [2.05, 4.69) is 4.98 Å². The highest BCUT2D eigenvalue weighted by Crippen LogP contribution is 2.25. The Kier molecular flexibility index (Phi) is 7.06. The number of ether oxygens (including phenoxy) is 2. The van der Waals surface area contributed by atoms with Gasteiger partial charge in [0.25, 0.3) is 5.91 Å². The van der Waals surface area contributed by atoms with Crippen LogP contribution in [0.5, 0.6) is 5.75 Å². The maximum absolute atomic E-state index is 13.2. The number of carbonyl (C=O) groups is 1. The van der Waals surface area contributed by atoms with Crippen LogP contribution in [0, 0.1) is 13.8 Å². The Hall–Kier alpha value is -3.21. The van der Waals surface area contributed by atoms with Gasteiger partial charge in [-0.25, -0.2) is 13.4 Å². The third-order valence-corrected chi connectivity index (χ3v) is 8.86. The summed E-state index contributed by atoms with van der Waals surface area (Å²) in [5.74, 6) is 1.13. The number of rotatable bonds is 7. The summed E-state index contributed by atoms with van der Waals surface area (Å²) < 4.78 is 41.6. The standard InChI is InChI=1S/C27H32N4O5S/c1-19-7-8-20(2)23(13-19)27(32)30-15-24(35-3)25(16-30)36-22-6-4-5-21(14-22)18-37(33,34)31-12-11-29-10-9-28-26(29)17-31/h4-10,13-14,24-25H,11-12,15-18H2,1-3H3/t24-,25-/m1/s1. The van der Waals surface area contributed by atoms with E-state index in [4.69, 9.17) is 9.47 Å². The smallest absolute Gasteiger partial charge is 0.254 e. The SMILES string of the molecule is CO[C@@H]1CN(C(=O)c2cc(C)ccc2C)C[C@H]1Oc1cccc(CS(=O)(=O)N2CCn3ccnc3C2)c1. The van der Waals surface area contributed by atoms with Crippen LogP contribution >= 0.6 is 0 Å². The molecule has 1 fully saturated rings. The van der Waals surface area contributed by atoms with Crippen molar-refractivity contribution in [3.05, 3.63) is 82.9 Å². The largest absolute Gasteiger partial charge is 0.486 e. The second kappa shape index (κ2) is 10.3. The van der Waals surface area contributed by atoms with Crippen LogP contribution in [-0.2, 0) is 33.6 Å². The number of fused-ring (bicyclic) bond motifs is 1. The second-order valence-electron chi connectivity index (χ2n) is 9.73. The first-order valence-corrected chi connectivity index (χ1v) is 14.0. The van der Waals surface area contributed by atoms with Gasteiger partial charge in [-0.1, -0.05) is 29.8 Å². The zero-order valence-electron chi connectivity index (χ0n) is 21.3. The molecule has 0 unspecified atom stereocenters. The molecule has 196 valence electrons. The van der Waals surface area contributed by atoms with Crippen LogP contribution in [0.1, 0.15) is 32.9 Å². The van der Waals surface area contributed by atoms with Gasteiger partial charge in [-0.15, -0.1) is 0 Å². The number of hydrogen-bond acceptors (Lipinski definition) is 6. The highest BCUT2D eigenvalue weighted by atomic mass is 32.2. The van der Waals surface area contributed by atoms with E-state index in [0.29, 0.717) is 43.1 Å². The zero-order chi connectivity index (χ0) is 26.2. The first-order valence-electron chi connectivity index (χ1n) is 12.4. The quantitative estimate of drug-likeness (QED) is 0.472. The van der Waals surface area contributed by atoms with Crippen molar-refractivity contribution in [3.8, 4) is 5.75 Å². The van der Waals surface area contributed by atoms with E-state index in [0.717, 1.165) is 17.0 Å². The maximum atomic E-state index is 13.2. The number of benzene rings is 2. The van der Waals surface area contributed by atoms with Crippen molar-refractivity contribution in [2.24, 2.45) is 0 Å². The van der Waals surface area contributed by atoms with E-state index >= 15 is 0 Å². The van der Waals surface area contributed by atoms with Crippen molar-refractivity contribution in [1.82, 2.24) is 18.8 Å². The van der Waals surface area contributed by atoms with Gasteiger partial charge in [0.2, 0.25) is 10.0 Å². The number of hydrogen-bond donors (Lipinski definition) is 0. The van der Waals surface area contributed by atoms with Gasteiger partial charge in [-0.05, 0) is 43.2 Å². The van der Waals surface area contributed by atoms with Gasteiger partial charge in [-0.2, -0.15) is 4.31 Å². The Balaban J connectivity index is 1.26. The molecule has 9 nitrogen and oxygen atoms in total. The van der Waals surface area contributed by atoms with E-state index in [1.165, 1.54) is 4.31 Å². The maximum Gasteiger partial charge on any atom is 0.254 e. The van der Waals surface area contributed by atoms with E-state index in [1.807, 2.05) is 42.8 Å². The van der Waals surface area contributed by atoms with E-state index in [1.54, 1.807) is 42.5 Å². The second-order valence-corrected chi connectivity index (χ2v) is 11.7. The minimum Gasteiger partial charge on any atom is -0.486 e. The fourth-order valence-corrected chi connectivity index (χ4v) is 6.42. The monoisotopic (exact) mass is 524 g/mol. The van der Waals surface area contributed by atoms with Crippen LogP contribution in [0.4, 0.5) is 0 Å². The van der Waals surface area contributed by atoms with Gasteiger partial charge in [-0.3, -0.25) is 4.79 Å². The minimum atomic E-state index is -3.53. The van der Waals surface area contributed by atoms with Crippen molar-refractivity contribution in [2.45, 2.75) is 44.9 Å². The van der Waals surface area contributed by atoms with Crippen molar-refractivity contribution >= 4 is 15.9 Å². The Morgan fingerprint density at radius 2 is 1.89 bits per heavy atom. The van der Waals surface area contributed by atoms with Gasteiger partial charge in [0.1, 0.15) is 23.8 Å². The summed E-state index contributed by atoms with van der Waals surface area (Å²) in [5, 5.41) is 0. The molecule has 2 aliphatic heterocycles. The number of aryl methyl sites for hydroxylation is 2. The zero-order valence-corrected chi connectivity index (χ0v) is 22.1. The number of carbonyl (C=O) groups excluding carboxylic acids is 1. The molecule has 0 bridgehead atoms. The summed E-state index contributed by atoms with van der Waals surface area (Å²) in [6.45, 7) is 5.99. The molecule has 0 radical (unpaired) electrons. The lowest BCUT2D eigenvalue weighted by atomic mass is 10.0. The fourth-order valence-electron chi connectivity index (χ4n) is 4.96. The lowest BCUT2D eigenvalue weighted by Crippen LogP contribution is -2.38. The Bertz CT molecular complexity index is 1400. The topological polar surface area (TPSA) is 94.0 Å². The van der Waals surface area contributed by atoms with Gasteiger partial charge in [0, 0.05) is 38.2 Å². The average molecular weight is 525 g/mol. The number of imidazole rings is 1. The van der Waals surface area contributed by atoms with Crippen molar-refractivity contribution in [1.29, 1.82) is 0 Å². The molecule has 0 spiro atoms. The number of sulfonamides is 1. The van der Waals surface area contributed by atoms with Crippen LogP contribution in [0.2, 0.25) is 0 Å². The normalized spacial score (nSPS) is 20.1. The molecule has 0 N–H and O–H groups in total. The molecule has 37 heavy (non-hydrogen) atoms. The first-order chi connectivity index (χ1) is 17.7. The Morgan fingerprint density at radius 1 is 1.08 bits per heavy atom. The van der Waals surface area contributed by atoms with Crippen LogP contribution in [-0.4, -0.2) is 72.0 Å². The molecule has 3 heterocycles. The molecule has 2 atom stereocenters. The molecule has 10 heteroatoms. The average Bonchev–Trinajstić information content (AvgIpc) is 3.51. The predicted octanol–water partition coefficient (Wildman–Crippen LogP) is 2.76. The fraction of sp³-hybridized carbons (Fsp3) is 0.407. The number of aromatic nitrogens is 2. The highest BCUT2D eigenvalue weighted by Gasteiger charge is 2.38. The molecule has 3 aromatic rings. The van der Waals surface area contributed by atoms with Gasteiger partial charge < -0.3 is 18.9 Å². The number of amides is 1. The van der Waals surface area contributed by atoms with Crippen molar-refractivity contribution < 1.29 is 22.7 Å². The van der Waals surface area contributed by atoms with Gasteiger partial charge in [0.05, 0.1) is 25.4 Å². The van der Waals surface area contributed by atoms with Gasteiger partial charge >= 0.3 is 0 Å². The van der Waals surface area contributed by atoms with Crippen molar-refractivity contribution in [2.75, 3.05) is 26.7 Å². The summed E-state index contributed by atoms with van der Waals surface area (Å²) in [6.07, 6.45) is 2.90. The van der Waals surface area contributed by atoms with Crippen LogP contribution in [0.3, 0.4) is 0 Å². The third kappa shape index (κ3) is 5.41. The van der Waals surface area contributed by atoms with E-state index in [-0.39, 0.29) is 30.4 Å². The number of likely N-dealkylation sites (tertiary alicyclic amines) is 1. The lowest BCUT2D eigenvalue weighted by Gasteiger charge is -2.27. The molecule has 0 aliphatic carbocycles. The molecule has 2 aliphatic rings. The van der Waals surface area contributed by atoms with Crippen LogP contribution < -0.4 is 4.74 Å². The molecule has 0 saturated carbocycles. The van der Waals surface area contributed by atoms with E-state index < -0.39 is 10.0 Å². The molecule has 2 aromatic carbocycles. The molecule has 1 saturated heterocycles. The summed E-state index contributed by atoms with van der Waals surface area (Å²) >= 11 is 0. The van der Waals surface area contributed by atoms with Crippen LogP contribution in [0.25, 0.3) is 0 Å². The molecular weight excluding hydrogens is 492 g/mol.